The number of pyridine rings is 1. The van der Waals surface area contributed by atoms with Crippen LogP contribution in [-0.4, -0.2) is 56.3 Å². The molecule has 1 saturated carbocycles. The zero-order valence-corrected chi connectivity index (χ0v) is 25.4. The van der Waals surface area contributed by atoms with E-state index >= 15 is 0 Å². The van der Waals surface area contributed by atoms with Crippen molar-refractivity contribution < 1.29 is 32.6 Å². The molecule has 2 aliphatic carbocycles. The molecule has 0 bridgehead atoms. The van der Waals surface area contributed by atoms with Crippen LogP contribution in [0.3, 0.4) is 0 Å². The van der Waals surface area contributed by atoms with E-state index in [0.717, 1.165) is 74.1 Å². The minimum Gasteiger partial charge on any atom is -0.489 e. The maximum Gasteiger partial charge on any atom is 0.434 e. The molecule has 3 heterocycles. The minimum atomic E-state index is -4.93. The van der Waals surface area contributed by atoms with Crippen molar-refractivity contribution in [3.8, 4) is 11.6 Å². The Morgan fingerprint density at radius 2 is 1.82 bits per heavy atom. The van der Waals surface area contributed by atoms with E-state index in [1.54, 1.807) is 12.1 Å². The molecule has 3 aliphatic rings. The van der Waals surface area contributed by atoms with Crippen LogP contribution in [-0.2, 0) is 11.0 Å². The molecule has 6 rings (SSSR count). The molecule has 1 aromatic carbocycles. The molecule has 1 saturated heterocycles. The largest absolute Gasteiger partial charge is 0.489 e. The predicted octanol–water partition coefficient (Wildman–Crippen LogP) is 7.06. The standard InChI is InChI=1S/C34H37F3N4O4/c1-20-6-7-25(19-45-29-11-10-24(17-21(29)2)22-12-14-40(15-13-22)32(42)23-8-9-23)26(16-20)28-4-3-5-30(39-28)41-31(34(35,36)37)27(18-38-41)33(43)44/h3-5,10-11,17-18,20,22-23H,6-9,12-16,19H2,1-2H3,(H,43,44). The van der Waals surface area contributed by atoms with Crippen LogP contribution >= 0.6 is 0 Å². The lowest BCUT2D eigenvalue weighted by Crippen LogP contribution is -2.38. The number of hydrogen-bond donors (Lipinski definition) is 1. The lowest BCUT2D eigenvalue weighted by atomic mass is 9.83. The van der Waals surface area contributed by atoms with Crippen molar-refractivity contribution in [2.45, 2.75) is 70.9 Å². The highest BCUT2D eigenvalue weighted by Gasteiger charge is 2.41. The molecule has 1 aliphatic heterocycles. The van der Waals surface area contributed by atoms with Gasteiger partial charge in [0.15, 0.2) is 11.5 Å². The number of rotatable bonds is 8. The number of aromatic nitrogens is 3. The third-order valence-corrected chi connectivity index (χ3v) is 9.25. The molecule has 2 fully saturated rings. The van der Waals surface area contributed by atoms with Crippen molar-refractivity contribution in [2.75, 3.05) is 19.7 Å². The lowest BCUT2D eigenvalue weighted by Gasteiger charge is -2.32. The van der Waals surface area contributed by atoms with E-state index in [2.05, 4.69) is 29.1 Å². The van der Waals surface area contributed by atoms with Crippen molar-refractivity contribution in [3.63, 3.8) is 0 Å². The number of piperidine rings is 1. The molecule has 2 aromatic heterocycles. The number of ether oxygens (including phenoxy) is 1. The molecule has 0 spiro atoms. The molecule has 1 N–H and O–H groups in total. The average Bonchev–Trinajstić information content (AvgIpc) is 3.76. The Morgan fingerprint density at radius 3 is 2.49 bits per heavy atom. The van der Waals surface area contributed by atoms with Crippen LogP contribution in [0.15, 0.2) is 48.2 Å². The Labute approximate surface area is 259 Å². The molecule has 0 radical (unpaired) electrons. The van der Waals surface area contributed by atoms with Gasteiger partial charge in [-0.25, -0.2) is 14.5 Å². The fourth-order valence-electron chi connectivity index (χ4n) is 6.55. The number of likely N-dealkylation sites (tertiary alicyclic amines) is 1. The molecule has 11 heteroatoms. The van der Waals surface area contributed by atoms with Gasteiger partial charge in [-0.05, 0) is 104 Å². The van der Waals surface area contributed by atoms with E-state index in [4.69, 9.17) is 4.74 Å². The Hall–Kier alpha value is -4.15. The van der Waals surface area contributed by atoms with E-state index in [1.807, 2.05) is 17.9 Å². The summed E-state index contributed by atoms with van der Waals surface area (Å²) >= 11 is 0. The first-order valence-corrected chi connectivity index (χ1v) is 15.6. The number of hydrogen-bond acceptors (Lipinski definition) is 5. The molecule has 8 nitrogen and oxygen atoms in total. The zero-order chi connectivity index (χ0) is 31.9. The molecule has 1 unspecified atom stereocenters. The van der Waals surface area contributed by atoms with Crippen LogP contribution in [0.1, 0.15) is 90.7 Å². The topological polar surface area (TPSA) is 97.6 Å². The molecular formula is C34H37F3N4O4. The maximum absolute atomic E-state index is 13.9. The Balaban J connectivity index is 1.19. The Bertz CT molecular complexity index is 1630. The summed E-state index contributed by atoms with van der Waals surface area (Å²) in [5, 5.41) is 13.0. The summed E-state index contributed by atoms with van der Waals surface area (Å²) in [6, 6.07) is 11.1. The highest BCUT2D eigenvalue weighted by molar-refractivity contribution is 5.89. The first-order valence-electron chi connectivity index (χ1n) is 15.6. The van der Waals surface area contributed by atoms with Gasteiger partial charge in [0.25, 0.3) is 0 Å². The van der Waals surface area contributed by atoms with Crippen LogP contribution in [0.2, 0.25) is 0 Å². The number of allylic oxidation sites excluding steroid dienone is 1. The fourth-order valence-corrected chi connectivity index (χ4v) is 6.55. The number of amides is 1. The summed E-state index contributed by atoms with van der Waals surface area (Å²) < 4.78 is 48.5. The normalized spacial score (nSPS) is 19.6. The summed E-state index contributed by atoms with van der Waals surface area (Å²) in [6.45, 7) is 6.10. The van der Waals surface area contributed by atoms with Gasteiger partial charge in [0.05, 0.1) is 11.9 Å². The highest BCUT2D eigenvalue weighted by Crippen LogP contribution is 2.38. The number of benzene rings is 1. The van der Waals surface area contributed by atoms with Gasteiger partial charge in [-0.2, -0.15) is 18.3 Å². The number of aromatic carboxylic acids is 1. The van der Waals surface area contributed by atoms with Crippen LogP contribution < -0.4 is 4.74 Å². The van der Waals surface area contributed by atoms with Crippen molar-refractivity contribution >= 4 is 17.4 Å². The van der Waals surface area contributed by atoms with Gasteiger partial charge in [-0.3, -0.25) is 4.79 Å². The van der Waals surface area contributed by atoms with Gasteiger partial charge < -0.3 is 14.7 Å². The summed E-state index contributed by atoms with van der Waals surface area (Å²) in [6.07, 6.45) is 2.18. The van der Waals surface area contributed by atoms with Gasteiger partial charge in [-0.1, -0.05) is 25.1 Å². The van der Waals surface area contributed by atoms with Gasteiger partial charge in [-0.15, -0.1) is 0 Å². The second-order valence-corrected chi connectivity index (χ2v) is 12.6. The highest BCUT2D eigenvalue weighted by atomic mass is 19.4. The molecular weight excluding hydrogens is 585 g/mol. The van der Waals surface area contributed by atoms with Crippen LogP contribution in [0.25, 0.3) is 11.4 Å². The molecule has 3 aromatic rings. The summed E-state index contributed by atoms with van der Waals surface area (Å²) in [5.41, 5.74) is 2.48. The number of alkyl halides is 3. The van der Waals surface area contributed by atoms with Crippen molar-refractivity contribution in [1.29, 1.82) is 0 Å². The molecule has 238 valence electrons. The van der Waals surface area contributed by atoms with Gasteiger partial charge in [0, 0.05) is 19.0 Å². The monoisotopic (exact) mass is 622 g/mol. The Morgan fingerprint density at radius 1 is 1.07 bits per heavy atom. The van der Waals surface area contributed by atoms with Crippen molar-refractivity contribution in [3.05, 3.63) is 76.2 Å². The van der Waals surface area contributed by atoms with Crippen LogP contribution in [0.4, 0.5) is 13.2 Å². The maximum atomic E-state index is 13.9. The Kier molecular flexibility index (Phi) is 8.45. The number of nitrogens with zero attached hydrogens (tertiary/aromatic N) is 4. The average molecular weight is 623 g/mol. The van der Waals surface area contributed by atoms with Gasteiger partial charge in [0.2, 0.25) is 5.91 Å². The number of aryl methyl sites for hydroxylation is 1. The van der Waals surface area contributed by atoms with Crippen LogP contribution in [0, 0.1) is 18.8 Å². The summed E-state index contributed by atoms with van der Waals surface area (Å²) in [5.74, 6) is 0.312. The number of carbonyl (C=O) groups is 2. The third kappa shape index (κ3) is 6.62. The number of carbonyl (C=O) groups excluding carboxylic acids is 1. The van der Waals surface area contributed by atoms with E-state index in [9.17, 15) is 27.9 Å². The van der Waals surface area contributed by atoms with Gasteiger partial charge >= 0.3 is 12.1 Å². The van der Waals surface area contributed by atoms with Crippen molar-refractivity contribution in [1.82, 2.24) is 19.7 Å². The summed E-state index contributed by atoms with van der Waals surface area (Å²) in [7, 11) is 0. The van der Waals surface area contributed by atoms with E-state index < -0.39 is 23.4 Å². The second-order valence-electron chi connectivity index (χ2n) is 12.6. The van der Waals surface area contributed by atoms with Crippen LogP contribution in [0.5, 0.6) is 5.75 Å². The SMILES string of the molecule is Cc1cc(C2CCN(C(=O)C3CC3)CC2)ccc1OCC1=C(c2cccc(-n3ncc(C(=O)O)c3C(F)(F)F)n2)CC(C)CC1. The first kappa shape index (κ1) is 30.9. The smallest absolute Gasteiger partial charge is 0.434 e. The van der Waals surface area contributed by atoms with E-state index in [0.29, 0.717) is 47.3 Å². The quantitative estimate of drug-likeness (QED) is 0.289. The molecule has 1 amide bonds. The number of carboxylic acids is 1. The predicted molar refractivity (Wildman–Crippen MR) is 161 cm³/mol. The number of halogens is 3. The lowest BCUT2D eigenvalue weighted by molar-refractivity contribution is -0.143. The van der Waals surface area contributed by atoms with E-state index in [1.165, 1.54) is 11.6 Å². The zero-order valence-electron chi connectivity index (χ0n) is 25.4. The first-order chi connectivity index (χ1) is 21.5. The molecule has 1 atom stereocenters. The van der Waals surface area contributed by atoms with Gasteiger partial charge in [0.1, 0.15) is 17.9 Å². The van der Waals surface area contributed by atoms with E-state index in [-0.39, 0.29) is 11.7 Å². The fraction of sp³-hybridized carbons (Fsp3) is 0.471. The minimum absolute atomic E-state index is 0.104. The molecule has 45 heavy (non-hydrogen) atoms. The summed E-state index contributed by atoms with van der Waals surface area (Å²) in [4.78, 5) is 30.5. The number of carboxylic acid groups (broad SMARTS) is 1. The van der Waals surface area contributed by atoms with Crippen molar-refractivity contribution in [2.24, 2.45) is 11.8 Å². The second kappa shape index (κ2) is 12.3. The third-order valence-electron chi connectivity index (χ3n) is 9.25.